The highest BCUT2D eigenvalue weighted by atomic mass is 32.1. The second-order valence-electron chi connectivity index (χ2n) is 8.89. The lowest BCUT2D eigenvalue weighted by Gasteiger charge is -2.41. The molecule has 0 bridgehead atoms. The molecule has 3 aromatic rings. The minimum absolute atomic E-state index is 0.217. The van der Waals surface area contributed by atoms with E-state index in [0.717, 1.165) is 68.1 Å². The van der Waals surface area contributed by atoms with Gasteiger partial charge in [-0.25, -0.2) is 9.97 Å². The van der Waals surface area contributed by atoms with Gasteiger partial charge in [0, 0.05) is 36.5 Å². The SMILES string of the molecule is FC(F)(F)Cc1cc2c(N3CCC[C@]4(CCN(Cc5ccccc5)C4)C3)ncnc2s1. The highest BCUT2D eigenvalue weighted by molar-refractivity contribution is 7.18. The number of hydrogen-bond donors (Lipinski definition) is 0. The molecule has 0 aliphatic carbocycles. The smallest absolute Gasteiger partial charge is 0.355 e. The van der Waals surface area contributed by atoms with Crippen LogP contribution in [-0.4, -0.2) is 47.2 Å². The summed E-state index contributed by atoms with van der Waals surface area (Å²) < 4.78 is 38.6. The van der Waals surface area contributed by atoms with Gasteiger partial charge in [0.2, 0.25) is 0 Å². The number of benzene rings is 1. The number of likely N-dealkylation sites (tertiary alicyclic amines) is 1. The Labute approximate surface area is 183 Å². The predicted molar refractivity (Wildman–Crippen MR) is 117 cm³/mol. The Balaban J connectivity index is 1.34. The Hall–Kier alpha value is -2.19. The van der Waals surface area contributed by atoms with Crippen LogP contribution in [0.1, 0.15) is 29.7 Å². The van der Waals surface area contributed by atoms with Gasteiger partial charge in [-0.05, 0) is 37.4 Å². The zero-order valence-electron chi connectivity index (χ0n) is 17.2. The maximum Gasteiger partial charge on any atom is 0.393 e. The average Bonchev–Trinajstić information content (AvgIpc) is 3.30. The Morgan fingerprint density at radius 3 is 2.68 bits per heavy atom. The summed E-state index contributed by atoms with van der Waals surface area (Å²) in [6, 6.07) is 12.2. The van der Waals surface area contributed by atoms with Gasteiger partial charge in [-0.15, -0.1) is 11.3 Å². The normalized spacial score (nSPS) is 22.6. The zero-order valence-corrected chi connectivity index (χ0v) is 18.1. The molecule has 2 saturated heterocycles. The molecule has 5 rings (SSSR count). The van der Waals surface area contributed by atoms with Crippen LogP contribution in [-0.2, 0) is 13.0 Å². The van der Waals surface area contributed by atoms with Gasteiger partial charge in [0.15, 0.2) is 0 Å². The first-order valence-electron chi connectivity index (χ1n) is 10.7. The Bertz CT molecular complexity index is 1050. The minimum Gasteiger partial charge on any atom is -0.355 e. The van der Waals surface area contributed by atoms with Crippen molar-refractivity contribution in [2.45, 2.75) is 38.4 Å². The number of alkyl halides is 3. The fourth-order valence-corrected chi connectivity index (χ4v) is 6.18. The fraction of sp³-hybridized carbons (Fsp3) is 0.478. The number of thiophene rings is 1. The van der Waals surface area contributed by atoms with E-state index in [4.69, 9.17) is 0 Å². The summed E-state index contributed by atoms with van der Waals surface area (Å²) >= 11 is 1.12. The molecule has 31 heavy (non-hydrogen) atoms. The number of piperidine rings is 1. The van der Waals surface area contributed by atoms with Gasteiger partial charge in [0.25, 0.3) is 0 Å². The van der Waals surface area contributed by atoms with Crippen LogP contribution in [0, 0.1) is 5.41 Å². The van der Waals surface area contributed by atoms with Crippen LogP contribution in [0.4, 0.5) is 19.0 Å². The molecular formula is C23H25F3N4S. The molecule has 1 atom stereocenters. The molecule has 0 saturated carbocycles. The molecule has 4 heterocycles. The maximum absolute atomic E-state index is 12.9. The average molecular weight is 447 g/mol. The lowest BCUT2D eigenvalue weighted by Crippen LogP contribution is -2.45. The van der Waals surface area contributed by atoms with Crippen molar-refractivity contribution in [1.29, 1.82) is 0 Å². The topological polar surface area (TPSA) is 32.3 Å². The third kappa shape index (κ3) is 4.55. The largest absolute Gasteiger partial charge is 0.393 e. The lowest BCUT2D eigenvalue weighted by molar-refractivity contribution is -0.126. The molecule has 1 spiro atoms. The molecule has 4 nitrogen and oxygen atoms in total. The third-order valence-corrected chi connectivity index (χ3v) is 7.50. The molecule has 2 aliphatic rings. The van der Waals surface area contributed by atoms with Gasteiger partial charge < -0.3 is 4.90 Å². The number of nitrogens with zero attached hydrogens (tertiary/aromatic N) is 4. The van der Waals surface area contributed by atoms with Gasteiger partial charge in [-0.3, -0.25) is 4.90 Å². The maximum atomic E-state index is 12.9. The van der Waals surface area contributed by atoms with Crippen LogP contribution in [0.3, 0.4) is 0 Å². The number of halogens is 3. The number of aromatic nitrogens is 2. The predicted octanol–water partition coefficient (Wildman–Crippen LogP) is 5.29. The van der Waals surface area contributed by atoms with Crippen molar-refractivity contribution >= 4 is 27.4 Å². The van der Waals surface area contributed by atoms with Gasteiger partial charge >= 0.3 is 6.18 Å². The van der Waals surface area contributed by atoms with E-state index in [1.165, 1.54) is 18.3 Å². The van der Waals surface area contributed by atoms with Crippen molar-refractivity contribution in [2.75, 3.05) is 31.1 Å². The van der Waals surface area contributed by atoms with E-state index in [2.05, 4.69) is 44.0 Å². The van der Waals surface area contributed by atoms with Crippen molar-refractivity contribution in [3.8, 4) is 0 Å². The molecule has 8 heteroatoms. The highest BCUT2D eigenvalue weighted by Crippen LogP contribution is 2.42. The van der Waals surface area contributed by atoms with Crippen LogP contribution >= 0.6 is 11.3 Å². The molecule has 164 valence electrons. The highest BCUT2D eigenvalue weighted by Gasteiger charge is 2.42. The second-order valence-corrected chi connectivity index (χ2v) is 10.0. The number of rotatable bonds is 4. The van der Waals surface area contributed by atoms with Gasteiger partial charge in [0.05, 0.1) is 11.8 Å². The molecule has 0 unspecified atom stereocenters. The molecular weight excluding hydrogens is 421 g/mol. The molecule has 0 N–H and O–H groups in total. The Kier molecular flexibility index (Phi) is 5.38. The summed E-state index contributed by atoms with van der Waals surface area (Å²) in [5, 5.41) is 0.753. The van der Waals surface area contributed by atoms with E-state index in [-0.39, 0.29) is 5.41 Å². The minimum atomic E-state index is -4.21. The number of hydrogen-bond acceptors (Lipinski definition) is 5. The van der Waals surface area contributed by atoms with Crippen LogP contribution in [0.5, 0.6) is 0 Å². The van der Waals surface area contributed by atoms with Crippen LogP contribution in [0.15, 0.2) is 42.7 Å². The summed E-state index contributed by atoms with van der Waals surface area (Å²) in [5.74, 6) is 0.787. The van der Waals surface area contributed by atoms with E-state index >= 15 is 0 Å². The number of anilines is 1. The standard InChI is InChI=1S/C23H25F3N4S/c24-23(25,26)12-18-11-19-20(27-16-28-21(19)31-18)30-9-4-7-22(15-30)8-10-29(14-22)13-17-5-2-1-3-6-17/h1-3,5-6,11,16H,4,7-10,12-15H2/t22-/m1/s1. The van der Waals surface area contributed by atoms with Crippen LogP contribution in [0.25, 0.3) is 10.2 Å². The zero-order chi connectivity index (χ0) is 21.5. The third-order valence-electron chi connectivity index (χ3n) is 6.46. The van der Waals surface area contributed by atoms with E-state index in [1.807, 2.05) is 6.07 Å². The first-order chi connectivity index (χ1) is 14.9. The first kappa shape index (κ1) is 20.7. The molecule has 0 amide bonds. The van der Waals surface area contributed by atoms with E-state index in [1.54, 1.807) is 6.07 Å². The molecule has 2 aromatic heterocycles. The van der Waals surface area contributed by atoms with Gasteiger partial charge in [0.1, 0.15) is 17.0 Å². The fourth-order valence-electron chi connectivity index (χ4n) is 5.16. The summed E-state index contributed by atoms with van der Waals surface area (Å²) in [6.07, 6.45) is -0.228. The van der Waals surface area contributed by atoms with Gasteiger partial charge in [-0.1, -0.05) is 30.3 Å². The summed E-state index contributed by atoms with van der Waals surface area (Å²) in [4.78, 5) is 14.5. The Morgan fingerprint density at radius 2 is 1.87 bits per heavy atom. The quantitative estimate of drug-likeness (QED) is 0.545. The lowest BCUT2D eigenvalue weighted by atomic mass is 9.79. The van der Waals surface area contributed by atoms with Crippen molar-refractivity contribution in [2.24, 2.45) is 5.41 Å². The molecule has 0 radical (unpaired) electrons. The van der Waals surface area contributed by atoms with Crippen molar-refractivity contribution in [1.82, 2.24) is 14.9 Å². The summed E-state index contributed by atoms with van der Waals surface area (Å²) in [6.45, 7) is 4.88. The molecule has 1 aromatic carbocycles. The van der Waals surface area contributed by atoms with E-state index < -0.39 is 12.6 Å². The summed E-state index contributed by atoms with van der Waals surface area (Å²) in [7, 11) is 0. The monoisotopic (exact) mass is 446 g/mol. The summed E-state index contributed by atoms with van der Waals surface area (Å²) in [5.41, 5.74) is 1.55. The van der Waals surface area contributed by atoms with E-state index in [0.29, 0.717) is 9.71 Å². The second kappa shape index (κ2) is 8.06. The van der Waals surface area contributed by atoms with Gasteiger partial charge in [-0.2, -0.15) is 13.2 Å². The van der Waals surface area contributed by atoms with Crippen LogP contribution in [0.2, 0.25) is 0 Å². The number of fused-ring (bicyclic) bond motifs is 1. The van der Waals surface area contributed by atoms with Crippen molar-refractivity contribution in [3.05, 3.63) is 53.2 Å². The Morgan fingerprint density at radius 1 is 1.03 bits per heavy atom. The van der Waals surface area contributed by atoms with Crippen LogP contribution < -0.4 is 4.90 Å². The van der Waals surface area contributed by atoms with Crippen molar-refractivity contribution < 1.29 is 13.2 Å². The van der Waals surface area contributed by atoms with Crippen molar-refractivity contribution in [3.63, 3.8) is 0 Å². The molecule has 2 fully saturated rings. The molecule has 2 aliphatic heterocycles. The first-order valence-corrected chi connectivity index (χ1v) is 11.5. The van der Waals surface area contributed by atoms with E-state index in [9.17, 15) is 13.2 Å².